The Balaban J connectivity index is 2.40. The van der Waals surface area contributed by atoms with Gasteiger partial charge in [0.1, 0.15) is 0 Å². The lowest BCUT2D eigenvalue weighted by molar-refractivity contribution is -0.0658. The number of hydrogen-bond acceptors (Lipinski definition) is 6. The number of hydrogen-bond donors (Lipinski definition) is 0. The second kappa shape index (κ2) is 7.27. The third kappa shape index (κ3) is 5.31. The third-order valence-electron chi connectivity index (χ3n) is 2.49. The molecule has 0 amide bonds. The van der Waals surface area contributed by atoms with Gasteiger partial charge in [-0.15, -0.1) is 0 Å². The fourth-order valence-electron chi connectivity index (χ4n) is 1.66. The van der Waals surface area contributed by atoms with Crippen molar-refractivity contribution in [3.8, 4) is 0 Å². The molecule has 0 bridgehead atoms. The molecule has 1 aliphatic rings. The Morgan fingerprint density at radius 1 is 0.882 bits per heavy atom. The van der Waals surface area contributed by atoms with Gasteiger partial charge in [0.15, 0.2) is 9.84 Å². The van der Waals surface area contributed by atoms with Gasteiger partial charge in [0.25, 0.3) is 0 Å². The lowest BCUT2D eigenvalue weighted by Gasteiger charge is -2.18. The highest BCUT2D eigenvalue weighted by Crippen LogP contribution is 2.18. The highest BCUT2D eigenvalue weighted by Gasteiger charge is 2.39. The van der Waals surface area contributed by atoms with Gasteiger partial charge >= 0.3 is 0 Å². The average Bonchev–Trinajstić information content (AvgIpc) is 2.54. The van der Waals surface area contributed by atoms with E-state index in [-0.39, 0.29) is 11.5 Å². The number of methoxy groups -OCH3 is 2. The molecule has 1 rings (SSSR count). The molecule has 1 heterocycles. The summed E-state index contributed by atoms with van der Waals surface area (Å²) in [5, 5.41) is 0. The second-order valence-corrected chi connectivity index (χ2v) is 6.03. The molecule has 7 heteroatoms. The third-order valence-corrected chi connectivity index (χ3v) is 4.16. The number of rotatable bonds is 8. The molecule has 6 nitrogen and oxygen atoms in total. The average molecular weight is 268 g/mol. The summed E-state index contributed by atoms with van der Waals surface area (Å²) in [6.45, 7) is 1.64. The predicted octanol–water partition coefficient (Wildman–Crippen LogP) is -0.522. The minimum absolute atomic E-state index is 0.0222. The molecule has 1 fully saturated rings. The lowest BCUT2D eigenvalue weighted by atomic mass is 10.2. The molecule has 2 unspecified atom stereocenters. The van der Waals surface area contributed by atoms with Crippen LogP contribution in [0.3, 0.4) is 0 Å². The monoisotopic (exact) mass is 268 g/mol. The molecule has 1 aliphatic heterocycles. The highest BCUT2D eigenvalue weighted by molar-refractivity contribution is 7.91. The zero-order chi connectivity index (χ0) is 12.7. The quantitative estimate of drug-likeness (QED) is 0.552. The van der Waals surface area contributed by atoms with Gasteiger partial charge in [-0.1, -0.05) is 0 Å². The molecule has 0 aromatic rings. The summed E-state index contributed by atoms with van der Waals surface area (Å²) >= 11 is 0. The molecular formula is C10H20O6S. The Kier molecular flexibility index (Phi) is 6.35. The Bertz CT molecular complexity index is 278. The van der Waals surface area contributed by atoms with E-state index in [0.717, 1.165) is 0 Å². The minimum atomic E-state index is -3.05. The second-order valence-electron chi connectivity index (χ2n) is 3.88. The lowest BCUT2D eigenvalue weighted by Crippen LogP contribution is -2.32. The van der Waals surface area contributed by atoms with Crippen LogP contribution in [0.25, 0.3) is 0 Å². The standard InChI is InChI=1S/C10H20O6S/c1-13-3-5-15-9-7-17(11,12)8-10(9)16-6-4-14-2/h9-10H,3-8H2,1-2H3. The summed E-state index contributed by atoms with van der Waals surface area (Å²) in [5.74, 6) is 0.0444. The topological polar surface area (TPSA) is 71.1 Å². The SMILES string of the molecule is COCCOC1CS(=O)(=O)CC1OCCOC. The van der Waals surface area contributed by atoms with Crippen LogP contribution in [0.15, 0.2) is 0 Å². The summed E-state index contributed by atoms with van der Waals surface area (Å²) < 4.78 is 43.6. The molecule has 0 aromatic carbocycles. The van der Waals surface area contributed by atoms with Crippen molar-refractivity contribution in [2.75, 3.05) is 52.2 Å². The Morgan fingerprint density at radius 3 is 1.65 bits per heavy atom. The van der Waals surface area contributed by atoms with Crippen LogP contribution in [0, 0.1) is 0 Å². The van der Waals surface area contributed by atoms with Gasteiger partial charge in [0, 0.05) is 14.2 Å². The molecule has 0 aromatic heterocycles. The van der Waals surface area contributed by atoms with Gasteiger partial charge in [0.05, 0.1) is 50.1 Å². The van der Waals surface area contributed by atoms with Gasteiger partial charge in [-0.25, -0.2) is 8.42 Å². The van der Waals surface area contributed by atoms with Gasteiger partial charge in [0.2, 0.25) is 0 Å². The van der Waals surface area contributed by atoms with Crippen LogP contribution in [-0.2, 0) is 28.8 Å². The van der Waals surface area contributed by atoms with Crippen molar-refractivity contribution in [1.29, 1.82) is 0 Å². The largest absolute Gasteiger partial charge is 0.382 e. The van der Waals surface area contributed by atoms with E-state index in [1.807, 2.05) is 0 Å². The predicted molar refractivity (Wildman–Crippen MR) is 61.9 cm³/mol. The fraction of sp³-hybridized carbons (Fsp3) is 1.00. The van der Waals surface area contributed by atoms with E-state index in [1.165, 1.54) is 0 Å². The van der Waals surface area contributed by atoms with Crippen molar-refractivity contribution in [3.63, 3.8) is 0 Å². The van der Waals surface area contributed by atoms with Gasteiger partial charge in [-0.3, -0.25) is 0 Å². The van der Waals surface area contributed by atoms with Crippen molar-refractivity contribution < 1.29 is 27.4 Å². The first-order valence-electron chi connectivity index (χ1n) is 5.50. The maximum Gasteiger partial charge on any atom is 0.155 e. The van der Waals surface area contributed by atoms with Gasteiger partial charge in [-0.05, 0) is 0 Å². The van der Waals surface area contributed by atoms with Gasteiger partial charge in [-0.2, -0.15) is 0 Å². The van der Waals surface area contributed by atoms with E-state index in [9.17, 15) is 8.42 Å². The molecule has 2 atom stereocenters. The van der Waals surface area contributed by atoms with Crippen molar-refractivity contribution in [3.05, 3.63) is 0 Å². The fourth-order valence-corrected chi connectivity index (χ4v) is 3.42. The molecule has 0 aliphatic carbocycles. The van der Waals surface area contributed by atoms with Crippen LogP contribution in [0.2, 0.25) is 0 Å². The molecule has 0 N–H and O–H groups in total. The summed E-state index contributed by atoms with van der Waals surface area (Å²) in [6.07, 6.45) is -0.793. The van der Waals surface area contributed by atoms with E-state index in [1.54, 1.807) is 14.2 Å². The molecular weight excluding hydrogens is 248 g/mol. The van der Waals surface area contributed by atoms with Crippen LogP contribution in [0.5, 0.6) is 0 Å². The van der Waals surface area contributed by atoms with Crippen molar-refractivity contribution in [2.24, 2.45) is 0 Å². The van der Waals surface area contributed by atoms with Crippen molar-refractivity contribution >= 4 is 9.84 Å². The Labute approximate surface area is 102 Å². The van der Waals surface area contributed by atoms with Gasteiger partial charge < -0.3 is 18.9 Å². The van der Waals surface area contributed by atoms with Crippen molar-refractivity contribution in [1.82, 2.24) is 0 Å². The zero-order valence-electron chi connectivity index (χ0n) is 10.3. The maximum atomic E-state index is 11.5. The molecule has 17 heavy (non-hydrogen) atoms. The molecule has 0 spiro atoms. The highest BCUT2D eigenvalue weighted by atomic mass is 32.2. The number of sulfone groups is 1. The Hall–Kier alpha value is -0.210. The first kappa shape index (κ1) is 14.8. The summed E-state index contributed by atoms with van der Waals surface area (Å²) in [4.78, 5) is 0. The summed E-state index contributed by atoms with van der Waals surface area (Å²) in [7, 11) is 0.0910. The van der Waals surface area contributed by atoms with E-state index < -0.39 is 22.0 Å². The normalized spacial score (nSPS) is 27.4. The number of ether oxygens (including phenoxy) is 4. The molecule has 0 radical (unpaired) electrons. The molecule has 0 saturated carbocycles. The summed E-state index contributed by atoms with van der Waals surface area (Å²) in [5.41, 5.74) is 0. The maximum absolute atomic E-state index is 11.5. The smallest absolute Gasteiger partial charge is 0.155 e. The first-order valence-corrected chi connectivity index (χ1v) is 7.32. The summed E-state index contributed by atoms with van der Waals surface area (Å²) in [6, 6.07) is 0. The van der Waals surface area contributed by atoms with Crippen LogP contribution in [-0.4, -0.2) is 72.8 Å². The van der Waals surface area contributed by atoms with E-state index in [4.69, 9.17) is 18.9 Å². The zero-order valence-corrected chi connectivity index (χ0v) is 11.1. The van der Waals surface area contributed by atoms with Crippen molar-refractivity contribution in [2.45, 2.75) is 12.2 Å². The molecule has 102 valence electrons. The van der Waals surface area contributed by atoms with E-state index in [2.05, 4.69) is 0 Å². The molecule has 1 saturated heterocycles. The minimum Gasteiger partial charge on any atom is -0.382 e. The van der Waals surface area contributed by atoms with Crippen LogP contribution < -0.4 is 0 Å². The van der Waals surface area contributed by atoms with Crippen LogP contribution in [0.1, 0.15) is 0 Å². The van der Waals surface area contributed by atoms with E-state index in [0.29, 0.717) is 26.4 Å². The van der Waals surface area contributed by atoms with E-state index >= 15 is 0 Å². The Morgan fingerprint density at radius 2 is 1.29 bits per heavy atom. The van der Waals surface area contributed by atoms with Crippen LogP contribution in [0.4, 0.5) is 0 Å². The first-order chi connectivity index (χ1) is 8.09. The van der Waals surface area contributed by atoms with Crippen LogP contribution >= 0.6 is 0 Å².